The lowest BCUT2D eigenvalue weighted by molar-refractivity contribution is -0.118. The van der Waals surface area contributed by atoms with Gasteiger partial charge in [0, 0.05) is 51.5 Å². The van der Waals surface area contributed by atoms with Crippen LogP contribution < -0.4 is 16.0 Å². The molecule has 0 fully saturated rings. The monoisotopic (exact) mass is 391 g/mol. The molecule has 1 rings (SSSR count). The van der Waals surface area contributed by atoms with E-state index in [-0.39, 0.29) is 11.8 Å². The molecule has 1 amide bonds. The summed E-state index contributed by atoms with van der Waals surface area (Å²) >= 11 is 0. The fraction of sp³-hybridized carbons (Fsp3) is 0.619. The Hall–Kier alpha value is -2.12. The summed E-state index contributed by atoms with van der Waals surface area (Å²) in [6.45, 7) is 10.8. The van der Waals surface area contributed by atoms with E-state index in [1.54, 1.807) is 7.11 Å². The zero-order valence-electron chi connectivity index (χ0n) is 18.0. The molecule has 158 valence electrons. The van der Waals surface area contributed by atoms with E-state index in [9.17, 15) is 4.79 Å². The fourth-order valence-corrected chi connectivity index (χ4v) is 2.45. The second kappa shape index (κ2) is 14.0. The Bertz CT molecular complexity index is 587. The summed E-state index contributed by atoms with van der Waals surface area (Å²) in [5, 5.41) is 9.54. The summed E-state index contributed by atoms with van der Waals surface area (Å²) in [7, 11) is 3.84. The number of hydrogen-bond acceptors (Lipinski definition) is 4. The third-order valence-electron chi connectivity index (χ3n) is 4.18. The highest BCUT2D eigenvalue weighted by molar-refractivity contribution is 5.92. The van der Waals surface area contributed by atoms with Crippen molar-refractivity contribution < 1.29 is 9.53 Å². The highest BCUT2D eigenvalue weighted by Crippen LogP contribution is 2.11. The normalized spacial score (nSPS) is 11.8. The van der Waals surface area contributed by atoms with Gasteiger partial charge in [0.2, 0.25) is 5.91 Å². The first kappa shape index (κ1) is 23.9. The molecule has 0 radical (unpaired) electrons. The highest BCUT2D eigenvalue weighted by Gasteiger charge is 2.06. The third-order valence-corrected chi connectivity index (χ3v) is 4.18. The molecule has 0 spiro atoms. The van der Waals surface area contributed by atoms with E-state index in [1.807, 2.05) is 38.1 Å². The Morgan fingerprint density at radius 1 is 1.18 bits per heavy atom. The average molecular weight is 392 g/mol. The molecule has 3 N–H and O–H groups in total. The van der Waals surface area contributed by atoms with Crippen LogP contribution in [-0.4, -0.2) is 63.7 Å². The summed E-state index contributed by atoms with van der Waals surface area (Å²) in [5.41, 5.74) is 1.91. The minimum atomic E-state index is -0.0305. The van der Waals surface area contributed by atoms with Crippen LogP contribution in [0.15, 0.2) is 29.3 Å². The van der Waals surface area contributed by atoms with Gasteiger partial charge in [0.25, 0.3) is 0 Å². The predicted molar refractivity (Wildman–Crippen MR) is 117 cm³/mol. The van der Waals surface area contributed by atoms with E-state index in [0.717, 1.165) is 56.4 Å². The van der Waals surface area contributed by atoms with Crippen molar-refractivity contribution in [2.45, 2.75) is 33.7 Å². The average Bonchev–Trinajstić information content (AvgIpc) is 2.67. The maximum atomic E-state index is 11.7. The number of rotatable bonds is 12. The van der Waals surface area contributed by atoms with Crippen LogP contribution in [0.4, 0.5) is 5.69 Å². The number of anilines is 1. The summed E-state index contributed by atoms with van der Waals surface area (Å²) < 4.78 is 5.09. The fourth-order valence-electron chi connectivity index (χ4n) is 2.45. The van der Waals surface area contributed by atoms with Crippen LogP contribution >= 0.6 is 0 Å². The predicted octanol–water partition coefficient (Wildman–Crippen LogP) is 2.30. The number of carbonyl (C=O) groups is 1. The SMILES string of the molecule is CCNC(=NCc1ccc(NC(=O)C(C)C)cc1)NCCN(C)CCCOC. The Morgan fingerprint density at radius 3 is 2.50 bits per heavy atom. The summed E-state index contributed by atoms with van der Waals surface area (Å²) in [4.78, 5) is 18.7. The van der Waals surface area contributed by atoms with Gasteiger partial charge in [-0.15, -0.1) is 0 Å². The van der Waals surface area contributed by atoms with E-state index in [0.29, 0.717) is 6.54 Å². The molecule has 1 aromatic rings. The van der Waals surface area contributed by atoms with Crippen molar-refractivity contribution in [2.75, 3.05) is 52.3 Å². The van der Waals surface area contributed by atoms with Gasteiger partial charge in [0.05, 0.1) is 6.54 Å². The quantitative estimate of drug-likeness (QED) is 0.290. The number of ether oxygens (including phenoxy) is 1. The number of benzene rings is 1. The van der Waals surface area contributed by atoms with Crippen LogP contribution in [0.1, 0.15) is 32.8 Å². The lowest BCUT2D eigenvalue weighted by Gasteiger charge is -2.18. The second-order valence-corrected chi connectivity index (χ2v) is 7.11. The highest BCUT2D eigenvalue weighted by atomic mass is 16.5. The van der Waals surface area contributed by atoms with Crippen LogP contribution in [-0.2, 0) is 16.1 Å². The second-order valence-electron chi connectivity index (χ2n) is 7.11. The molecule has 0 saturated heterocycles. The van der Waals surface area contributed by atoms with Gasteiger partial charge in [-0.05, 0) is 38.1 Å². The van der Waals surface area contributed by atoms with Crippen molar-refractivity contribution in [2.24, 2.45) is 10.9 Å². The number of methoxy groups -OCH3 is 1. The molecular formula is C21H37N5O2. The van der Waals surface area contributed by atoms with E-state index >= 15 is 0 Å². The lowest BCUT2D eigenvalue weighted by atomic mass is 10.2. The van der Waals surface area contributed by atoms with Crippen molar-refractivity contribution in [3.05, 3.63) is 29.8 Å². The maximum absolute atomic E-state index is 11.7. The molecule has 0 aliphatic carbocycles. The van der Waals surface area contributed by atoms with Gasteiger partial charge in [-0.1, -0.05) is 26.0 Å². The number of carbonyl (C=O) groups excluding carboxylic acids is 1. The standard InChI is InChI=1S/C21H37N5O2/c1-6-22-21(23-12-14-26(4)13-7-15-28-5)24-16-18-8-10-19(11-9-18)25-20(27)17(2)3/h8-11,17H,6-7,12-16H2,1-5H3,(H,25,27)(H2,22,23,24). The summed E-state index contributed by atoms with van der Waals surface area (Å²) in [5.74, 6) is 0.804. The first-order chi connectivity index (χ1) is 13.5. The number of nitrogens with zero attached hydrogens (tertiary/aromatic N) is 2. The van der Waals surface area contributed by atoms with Crippen molar-refractivity contribution in [1.82, 2.24) is 15.5 Å². The molecule has 0 aromatic heterocycles. The van der Waals surface area contributed by atoms with Crippen molar-refractivity contribution in [1.29, 1.82) is 0 Å². The number of nitrogens with one attached hydrogen (secondary N) is 3. The molecule has 0 saturated carbocycles. The first-order valence-corrected chi connectivity index (χ1v) is 10.1. The van der Waals surface area contributed by atoms with Gasteiger partial charge >= 0.3 is 0 Å². The number of aliphatic imine (C=N–C) groups is 1. The van der Waals surface area contributed by atoms with Gasteiger partial charge in [-0.3, -0.25) is 4.79 Å². The van der Waals surface area contributed by atoms with Crippen molar-refractivity contribution in [3.63, 3.8) is 0 Å². The van der Waals surface area contributed by atoms with Gasteiger partial charge in [0.1, 0.15) is 0 Å². The molecule has 0 bridgehead atoms. The molecule has 0 aliphatic rings. The van der Waals surface area contributed by atoms with Gasteiger partial charge in [0.15, 0.2) is 5.96 Å². The molecule has 1 aromatic carbocycles. The number of likely N-dealkylation sites (N-methyl/N-ethyl adjacent to an activating group) is 1. The van der Waals surface area contributed by atoms with Crippen LogP contribution in [0.3, 0.4) is 0 Å². The van der Waals surface area contributed by atoms with E-state index < -0.39 is 0 Å². The van der Waals surface area contributed by atoms with Crippen LogP contribution in [0.25, 0.3) is 0 Å². The van der Waals surface area contributed by atoms with E-state index in [4.69, 9.17) is 4.74 Å². The van der Waals surface area contributed by atoms with Gasteiger partial charge in [-0.25, -0.2) is 4.99 Å². The van der Waals surface area contributed by atoms with E-state index in [1.165, 1.54) is 0 Å². The molecular weight excluding hydrogens is 354 g/mol. The molecule has 7 heteroatoms. The topological polar surface area (TPSA) is 78.0 Å². The van der Waals surface area contributed by atoms with Gasteiger partial charge < -0.3 is 25.6 Å². The summed E-state index contributed by atoms with van der Waals surface area (Å²) in [6, 6.07) is 7.82. The Labute approximate surface area is 169 Å². The van der Waals surface area contributed by atoms with Crippen LogP contribution in [0.5, 0.6) is 0 Å². The molecule has 28 heavy (non-hydrogen) atoms. The number of hydrogen-bond donors (Lipinski definition) is 3. The van der Waals surface area contributed by atoms with Crippen molar-refractivity contribution >= 4 is 17.6 Å². The number of guanidine groups is 1. The number of amides is 1. The summed E-state index contributed by atoms with van der Waals surface area (Å²) in [6.07, 6.45) is 1.04. The third kappa shape index (κ3) is 10.3. The largest absolute Gasteiger partial charge is 0.385 e. The zero-order chi connectivity index (χ0) is 20.8. The molecule has 7 nitrogen and oxygen atoms in total. The molecule has 0 heterocycles. The van der Waals surface area contributed by atoms with Crippen molar-refractivity contribution in [3.8, 4) is 0 Å². The Morgan fingerprint density at radius 2 is 1.89 bits per heavy atom. The minimum Gasteiger partial charge on any atom is -0.385 e. The Kier molecular flexibility index (Phi) is 11.9. The lowest BCUT2D eigenvalue weighted by Crippen LogP contribution is -2.41. The molecule has 0 aliphatic heterocycles. The zero-order valence-corrected chi connectivity index (χ0v) is 18.0. The van der Waals surface area contributed by atoms with Crippen LogP contribution in [0.2, 0.25) is 0 Å². The molecule has 0 unspecified atom stereocenters. The van der Waals surface area contributed by atoms with E-state index in [2.05, 4.69) is 39.8 Å². The first-order valence-electron chi connectivity index (χ1n) is 10.1. The minimum absolute atomic E-state index is 0.0246. The van der Waals surface area contributed by atoms with Crippen LogP contribution in [0, 0.1) is 5.92 Å². The van der Waals surface area contributed by atoms with Gasteiger partial charge in [-0.2, -0.15) is 0 Å². The Balaban J connectivity index is 2.47. The smallest absolute Gasteiger partial charge is 0.226 e. The molecule has 0 atom stereocenters. The maximum Gasteiger partial charge on any atom is 0.226 e.